The molecule has 0 amide bonds. The van der Waals surface area contributed by atoms with Crippen molar-refractivity contribution >= 4 is 17.5 Å². The molecule has 4 rings (SSSR count). The van der Waals surface area contributed by atoms with E-state index in [1.54, 1.807) is 5.57 Å². The maximum Gasteiger partial charge on any atom is 0.186 e. The summed E-state index contributed by atoms with van der Waals surface area (Å²) in [5, 5.41) is 4.33. The van der Waals surface area contributed by atoms with E-state index in [4.69, 9.17) is 16.3 Å². The first-order valence-electron chi connectivity index (χ1n) is 10.8. The summed E-state index contributed by atoms with van der Waals surface area (Å²) in [6.07, 6.45) is 10.9. The SMILES string of the molecule is CC12CCC3C(CCC4=CC(=NOCCN=C(N)N)CCC43C)C1CCC2=O. The van der Waals surface area contributed by atoms with Gasteiger partial charge in [-0.1, -0.05) is 24.6 Å². The van der Waals surface area contributed by atoms with Crippen molar-refractivity contribution in [2.75, 3.05) is 13.2 Å². The Balaban J connectivity index is 1.47. The summed E-state index contributed by atoms with van der Waals surface area (Å²) in [5.74, 6) is 2.63. The highest BCUT2D eigenvalue weighted by Crippen LogP contribution is 2.64. The number of carbonyl (C=O) groups is 1. The standard InChI is InChI=1S/C22H34N4O2/c1-21-9-7-15(26-28-12-11-25-20(23)24)13-14(21)3-4-16-17-5-6-19(27)22(17,2)10-8-18(16)21/h13,16-18H,3-12H2,1-2H3,(H4,23,24,25). The summed E-state index contributed by atoms with van der Waals surface area (Å²) >= 11 is 0. The molecule has 0 aromatic heterocycles. The van der Waals surface area contributed by atoms with Crippen LogP contribution in [0, 0.1) is 28.6 Å². The van der Waals surface area contributed by atoms with Gasteiger partial charge in [-0.05, 0) is 74.2 Å². The highest BCUT2D eigenvalue weighted by atomic mass is 16.6. The van der Waals surface area contributed by atoms with Crippen LogP contribution in [-0.4, -0.2) is 30.6 Å². The number of Topliss-reactive ketones (excluding diaryl/α,β-unsaturated/α-hetero) is 1. The van der Waals surface area contributed by atoms with Crippen LogP contribution >= 0.6 is 0 Å². The number of carbonyl (C=O) groups excluding carboxylic acids is 1. The highest BCUT2D eigenvalue weighted by Gasteiger charge is 2.58. The molecule has 5 unspecified atom stereocenters. The van der Waals surface area contributed by atoms with Crippen LogP contribution in [0.15, 0.2) is 21.8 Å². The number of nitrogens with two attached hydrogens (primary N) is 2. The van der Waals surface area contributed by atoms with E-state index >= 15 is 0 Å². The second-order valence-electron chi connectivity index (χ2n) is 9.64. The Kier molecular flexibility index (Phi) is 5.00. The third-order valence-corrected chi connectivity index (χ3v) is 8.35. The Morgan fingerprint density at radius 2 is 1.89 bits per heavy atom. The van der Waals surface area contributed by atoms with Gasteiger partial charge in [0.25, 0.3) is 0 Å². The van der Waals surface area contributed by atoms with Crippen LogP contribution in [0.1, 0.15) is 65.2 Å². The Bertz CT molecular complexity index is 739. The van der Waals surface area contributed by atoms with Gasteiger partial charge in [-0.2, -0.15) is 0 Å². The molecule has 0 bridgehead atoms. The summed E-state index contributed by atoms with van der Waals surface area (Å²) in [5.41, 5.74) is 13.4. The topological polar surface area (TPSA) is 103 Å². The van der Waals surface area contributed by atoms with E-state index in [1.165, 1.54) is 12.8 Å². The van der Waals surface area contributed by atoms with Crippen LogP contribution in [0.25, 0.3) is 0 Å². The van der Waals surface area contributed by atoms with Gasteiger partial charge in [0.15, 0.2) is 5.96 Å². The number of ketones is 1. The van der Waals surface area contributed by atoms with Crippen LogP contribution in [0.2, 0.25) is 0 Å². The lowest BCUT2D eigenvalue weighted by Gasteiger charge is -2.57. The summed E-state index contributed by atoms with van der Waals surface area (Å²) in [7, 11) is 0. The number of nitrogens with zero attached hydrogens (tertiary/aromatic N) is 2. The molecule has 3 saturated carbocycles. The van der Waals surface area contributed by atoms with Crippen LogP contribution < -0.4 is 11.5 Å². The van der Waals surface area contributed by atoms with Gasteiger partial charge in [0.1, 0.15) is 12.4 Å². The Morgan fingerprint density at radius 1 is 1.11 bits per heavy atom. The van der Waals surface area contributed by atoms with Gasteiger partial charge in [0, 0.05) is 11.8 Å². The van der Waals surface area contributed by atoms with Crippen molar-refractivity contribution in [3.63, 3.8) is 0 Å². The quantitative estimate of drug-likeness (QED) is 0.335. The molecule has 0 radical (unpaired) electrons. The fourth-order valence-electron chi connectivity index (χ4n) is 6.76. The Morgan fingerprint density at radius 3 is 2.68 bits per heavy atom. The van der Waals surface area contributed by atoms with Crippen molar-refractivity contribution in [3.8, 4) is 0 Å². The van der Waals surface area contributed by atoms with E-state index in [0.29, 0.717) is 36.7 Å². The number of rotatable bonds is 4. The second kappa shape index (κ2) is 7.20. The predicted octanol–water partition coefficient (Wildman–Crippen LogP) is 3.16. The second-order valence-corrected chi connectivity index (χ2v) is 9.64. The Labute approximate surface area is 167 Å². The molecular weight excluding hydrogens is 352 g/mol. The van der Waals surface area contributed by atoms with Gasteiger partial charge >= 0.3 is 0 Å². The van der Waals surface area contributed by atoms with E-state index < -0.39 is 0 Å². The molecule has 0 spiro atoms. The number of oxime groups is 1. The van der Waals surface area contributed by atoms with Gasteiger partial charge in [-0.15, -0.1) is 0 Å². The number of allylic oxidation sites excluding steroid dienone is 2. The summed E-state index contributed by atoms with van der Waals surface area (Å²) in [6, 6.07) is 0. The van der Waals surface area contributed by atoms with Crippen molar-refractivity contribution < 1.29 is 9.63 Å². The third-order valence-electron chi connectivity index (χ3n) is 8.35. The van der Waals surface area contributed by atoms with Gasteiger partial charge < -0.3 is 16.3 Å². The molecule has 0 heterocycles. The largest absolute Gasteiger partial charge is 0.394 e. The minimum absolute atomic E-state index is 0.0384. The molecule has 154 valence electrons. The van der Waals surface area contributed by atoms with Crippen molar-refractivity contribution in [1.29, 1.82) is 0 Å². The molecule has 5 atom stereocenters. The molecule has 0 aliphatic heterocycles. The van der Waals surface area contributed by atoms with Crippen molar-refractivity contribution in [1.82, 2.24) is 0 Å². The first-order chi connectivity index (χ1) is 13.3. The fraction of sp³-hybridized carbons (Fsp3) is 0.773. The zero-order valence-electron chi connectivity index (χ0n) is 17.2. The van der Waals surface area contributed by atoms with Crippen LogP contribution in [0.3, 0.4) is 0 Å². The molecule has 0 aromatic rings. The monoisotopic (exact) mass is 386 g/mol. The zero-order chi connectivity index (χ0) is 19.9. The van der Waals surface area contributed by atoms with E-state index in [0.717, 1.165) is 44.2 Å². The molecule has 3 fully saturated rings. The van der Waals surface area contributed by atoms with E-state index in [9.17, 15) is 4.79 Å². The number of hydrogen-bond donors (Lipinski definition) is 2. The lowest BCUT2D eigenvalue weighted by Crippen LogP contribution is -2.50. The lowest BCUT2D eigenvalue weighted by atomic mass is 9.47. The van der Waals surface area contributed by atoms with E-state index in [1.807, 2.05) is 0 Å². The molecule has 0 saturated heterocycles. The average Bonchev–Trinajstić information content (AvgIpc) is 2.96. The minimum Gasteiger partial charge on any atom is -0.394 e. The zero-order valence-corrected chi connectivity index (χ0v) is 17.2. The van der Waals surface area contributed by atoms with Crippen molar-refractivity contribution in [3.05, 3.63) is 11.6 Å². The smallest absolute Gasteiger partial charge is 0.186 e. The molecule has 6 heteroatoms. The molecule has 4 aliphatic carbocycles. The number of hydrogen-bond acceptors (Lipinski definition) is 4. The maximum absolute atomic E-state index is 12.5. The summed E-state index contributed by atoms with van der Waals surface area (Å²) in [6.45, 7) is 5.53. The predicted molar refractivity (Wildman–Crippen MR) is 111 cm³/mol. The normalized spacial score (nSPS) is 40.9. The van der Waals surface area contributed by atoms with E-state index in [-0.39, 0.29) is 16.8 Å². The van der Waals surface area contributed by atoms with Crippen molar-refractivity contribution in [2.24, 2.45) is 50.2 Å². The van der Waals surface area contributed by atoms with Gasteiger partial charge in [-0.25, -0.2) is 4.99 Å². The molecular formula is C22H34N4O2. The Hall–Kier alpha value is -1.85. The molecule has 0 aromatic carbocycles. The lowest BCUT2D eigenvalue weighted by molar-refractivity contribution is -0.132. The number of aliphatic imine (C=N–C) groups is 1. The summed E-state index contributed by atoms with van der Waals surface area (Å²) < 4.78 is 0. The highest BCUT2D eigenvalue weighted by molar-refractivity contribution is 5.96. The molecule has 4 aliphatic rings. The molecule has 4 N–H and O–H groups in total. The average molecular weight is 387 g/mol. The summed E-state index contributed by atoms with van der Waals surface area (Å²) in [4.78, 5) is 21.8. The van der Waals surface area contributed by atoms with Gasteiger partial charge in [0.05, 0.1) is 12.3 Å². The van der Waals surface area contributed by atoms with E-state index in [2.05, 4.69) is 30.1 Å². The third kappa shape index (κ3) is 3.15. The van der Waals surface area contributed by atoms with Crippen LogP contribution in [-0.2, 0) is 9.63 Å². The molecule has 28 heavy (non-hydrogen) atoms. The minimum atomic E-state index is -0.0384. The number of fused-ring (bicyclic) bond motifs is 5. The molecule has 6 nitrogen and oxygen atoms in total. The fourth-order valence-corrected chi connectivity index (χ4v) is 6.76. The maximum atomic E-state index is 12.5. The van der Waals surface area contributed by atoms with Gasteiger partial charge in [0.2, 0.25) is 0 Å². The number of guanidine groups is 1. The van der Waals surface area contributed by atoms with Crippen molar-refractivity contribution in [2.45, 2.75) is 65.2 Å². The first-order valence-corrected chi connectivity index (χ1v) is 10.8. The van der Waals surface area contributed by atoms with Crippen LogP contribution in [0.4, 0.5) is 0 Å². The van der Waals surface area contributed by atoms with Crippen LogP contribution in [0.5, 0.6) is 0 Å². The van der Waals surface area contributed by atoms with Gasteiger partial charge in [-0.3, -0.25) is 4.79 Å². The first kappa shape index (κ1) is 19.5.